The van der Waals surface area contributed by atoms with Crippen molar-refractivity contribution in [1.82, 2.24) is 0 Å². The van der Waals surface area contributed by atoms with Crippen molar-refractivity contribution in [2.24, 2.45) is 17.3 Å². The van der Waals surface area contributed by atoms with E-state index < -0.39 is 5.92 Å². The van der Waals surface area contributed by atoms with E-state index >= 15 is 0 Å². The molecule has 0 spiro atoms. The highest BCUT2D eigenvalue weighted by Gasteiger charge is 2.49. The Morgan fingerprint density at radius 1 is 1.19 bits per heavy atom. The first kappa shape index (κ1) is 21.7. The standard InChI is InChI=1S/C24H26F2N2O2S/c1-23(14-15-7-8-16(23)11-15)22(29)27-18-9-10-21(20(13-18)30-3)31-28-19-6-4-5-17(12-19)24(2,25)26/h4-10,12-13,15-16,28H,11,14H2,1-3H3,(H,27,29). The number of halogens is 2. The largest absolute Gasteiger partial charge is 0.495 e. The van der Waals surface area contributed by atoms with Crippen LogP contribution in [0.2, 0.25) is 0 Å². The Morgan fingerprint density at radius 3 is 2.65 bits per heavy atom. The van der Waals surface area contributed by atoms with E-state index in [4.69, 9.17) is 4.74 Å². The van der Waals surface area contributed by atoms with E-state index in [0.29, 0.717) is 29.0 Å². The number of alkyl halides is 2. The third kappa shape index (κ3) is 4.42. The number of hydrogen-bond acceptors (Lipinski definition) is 4. The van der Waals surface area contributed by atoms with Crippen LogP contribution in [-0.4, -0.2) is 13.0 Å². The second-order valence-corrected chi connectivity index (χ2v) is 9.45. The average Bonchev–Trinajstić information content (AvgIpc) is 3.33. The van der Waals surface area contributed by atoms with E-state index in [2.05, 4.69) is 22.2 Å². The minimum Gasteiger partial charge on any atom is -0.495 e. The Balaban J connectivity index is 1.44. The topological polar surface area (TPSA) is 50.4 Å². The summed E-state index contributed by atoms with van der Waals surface area (Å²) < 4.78 is 35.7. The van der Waals surface area contributed by atoms with E-state index in [9.17, 15) is 13.6 Å². The van der Waals surface area contributed by atoms with Crippen LogP contribution in [0.4, 0.5) is 20.2 Å². The molecule has 4 nitrogen and oxygen atoms in total. The van der Waals surface area contributed by atoms with Gasteiger partial charge in [-0.05, 0) is 60.9 Å². The number of carbonyl (C=O) groups excluding carboxylic acids is 1. The highest BCUT2D eigenvalue weighted by atomic mass is 32.2. The summed E-state index contributed by atoms with van der Waals surface area (Å²) in [6.45, 7) is 2.92. The molecular weight excluding hydrogens is 418 g/mol. The van der Waals surface area contributed by atoms with Gasteiger partial charge < -0.3 is 14.8 Å². The van der Waals surface area contributed by atoms with E-state index in [1.54, 1.807) is 25.3 Å². The first-order valence-corrected chi connectivity index (χ1v) is 11.1. The zero-order chi connectivity index (χ0) is 22.2. The molecule has 2 aromatic rings. The summed E-state index contributed by atoms with van der Waals surface area (Å²) in [5.41, 5.74) is 0.813. The number of amides is 1. The highest BCUT2D eigenvalue weighted by Crippen LogP contribution is 2.52. The van der Waals surface area contributed by atoms with Crippen molar-refractivity contribution in [3.05, 3.63) is 60.2 Å². The number of carbonyl (C=O) groups is 1. The Bertz CT molecular complexity index is 1020. The maximum Gasteiger partial charge on any atom is 0.270 e. The number of nitrogens with one attached hydrogen (secondary N) is 2. The summed E-state index contributed by atoms with van der Waals surface area (Å²) in [7, 11) is 1.56. The molecule has 1 saturated carbocycles. The lowest BCUT2D eigenvalue weighted by Crippen LogP contribution is -2.36. The molecule has 2 bridgehead atoms. The van der Waals surface area contributed by atoms with Crippen LogP contribution in [-0.2, 0) is 10.7 Å². The molecule has 0 radical (unpaired) electrons. The summed E-state index contributed by atoms with van der Waals surface area (Å²) in [5.74, 6) is -1.48. The number of rotatable bonds is 7. The minimum absolute atomic E-state index is 0.0299. The monoisotopic (exact) mass is 444 g/mol. The Kier molecular flexibility index (Phi) is 5.73. The Morgan fingerprint density at radius 2 is 2.00 bits per heavy atom. The van der Waals surface area contributed by atoms with Gasteiger partial charge in [-0.3, -0.25) is 4.79 Å². The van der Waals surface area contributed by atoms with Crippen molar-refractivity contribution >= 4 is 29.2 Å². The minimum atomic E-state index is -2.90. The number of fused-ring (bicyclic) bond motifs is 2. The fraction of sp³-hybridized carbons (Fsp3) is 0.375. The number of ether oxygens (including phenoxy) is 1. The predicted molar refractivity (Wildman–Crippen MR) is 121 cm³/mol. The molecule has 7 heteroatoms. The smallest absolute Gasteiger partial charge is 0.270 e. The number of allylic oxidation sites excluding steroid dienone is 2. The van der Waals surface area contributed by atoms with Crippen LogP contribution in [0.25, 0.3) is 0 Å². The Labute approximate surface area is 185 Å². The van der Waals surface area contributed by atoms with Crippen LogP contribution in [0, 0.1) is 17.3 Å². The number of methoxy groups -OCH3 is 1. The second kappa shape index (κ2) is 8.19. The highest BCUT2D eigenvalue weighted by molar-refractivity contribution is 8.00. The van der Waals surface area contributed by atoms with Crippen molar-refractivity contribution in [1.29, 1.82) is 0 Å². The van der Waals surface area contributed by atoms with Crippen molar-refractivity contribution in [2.75, 3.05) is 17.1 Å². The predicted octanol–water partition coefficient (Wildman–Crippen LogP) is 6.47. The van der Waals surface area contributed by atoms with Crippen molar-refractivity contribution in [3.8, 4) is 5.75 Å². The van der Waals surface area contributed by atoms with Gasteiger partial charge in [-0.1, -0.05) is 31.2 Å². The van der Waals surface area contributed by atoms with Crippen LogP contribution in [0.15, 0.2) is 59.5 Å². The van der Waals surface area contributed by atoms with Gasteiger partial charge in [0, 0.05) is 29.9 Å². The van der Waals surface area contributed by atoms with Gasteiger partial charge in [0.25, 0.3) is 5.92 Å². The summed E-state index contributed by atoms with van der Waals surface area (Å²) in [6.07, 6.45) is 6.33. The molecule has 2 aliphatic carbocycles. The molecule has 3 atom stereocenters. The van der Waals surface area contributed by atoms with Gasteiger partial charge in [-0.2, -0.15) is 0 Å². The molecular formula is C24H26F2N2O2S. The fourth-order valence-electron chi connectivity index (χ4n) is 4.43. The fourth-order valence-corrected chi connectivity index (χ4v) is 5.16. The molecule has 2 N–H and O–H groups in total. The first-order chi connectivity index (χ1) is 14.7. The maximum atomic E-state index is 13.6. The summed E-state index contributed by atoms with van der Waals surface area (Å²) >= 11 is 1.26. The number of anilines is 2. The van der Waals surface area contributed by atoms with E-state index in [1.807, 2.05) is 19.1 Å². The van der Waals surface area contributed by atoms with Crippen molar-refractivity contribution in [2.45, 2.75) is 37.5 Å². The quantitative estimate of drug-likeness (QED) is 0.380. The third-order valence-electron chi connectivity index (χ3n) is 6.27. The van der Waals surface area contributed by atoms with Crippen LogP contribution < -0.4 is 14.8 Å². The Hall–Kier alpha value is -2.54. The molecule has 4 rings (SSSR count). The molecule has 1 fully saturated rings. The van der Waals surface area contributed by atoms with Gasteiger partial charge in [0.2, 0.25) is 5.91 Å². The van der Waals surface area contributed by atoms with Crippen LogP contribution >= 0.6 is 11.9 Å². The SMILES string of the molecule is COc1cc(NC(=O)C2(C)CC3C=CC2C3)ccc1SNc1cccc(C(C)(F)F)c1. The van der Waals surface area contributed by atoms with E-state index in [-0.39, 0.29) is 16.9 Å². The lowest BCUT2D eigenvalue weighted by atomic mass is 9.77. The van der Waals surface area contributed by atoms with Crippen molar-refractivity contribution in [3.63, 3.8) is 0 Å². The average molecular weight is 445 g/mol. The zero-order valence-electron chi connectivity index (χ0n) is 17.7. The molecule has 1 amide bonds. The van der Waals surface area contributed by atoms with E-state index in [1.165, 1.54) is 24.1 Å². The van der Waals surface area contributed by atoms with Crippen LogP contribution in [0.1, 0.15) is 32.3 Å². The normalized spacial score (nSPS) is 24.3. The van der Waals surface area contributed by atoms with Gasteiger partial charge >= 0.3 is 0 Å². The molecule has 164 valence electrons. The number of benzene rings is 2. The van der Waals surface area contributed by atoms with Gasteiger partial charge in [0.05, 0.1) is 17.4 Å². The summed E-state index contributed by atoms with van der Waals surface area (Å²) in [5, 5.41) is 3.04. The van der Waals surface area contributed by atoms with Crippen molar-refractivity contribution < 1.29 is 18.3 Å². The molecule has 0 heterocycles. The first-order valence-electron chi connectivity index (χ1n) is 10.3. The lowest BCUT2D eigenvalue weighted by molar-refractivity contribution is -0.126. The molecule has 2 aliphatic rings. The van der Waals surface area contributed by atoms with Gasteiger partial charge in [-0.15, -0.1) is 0 Å². The lowest BCUT2D eigenvalue weighted by Gasteiger charge is -2.30. The zero-order valence-corrected chi connectivity index (χ0v) is 18.6. The van der Waals surface area contributed by atoms with Gasteiger partial charge in [0.15, 0.2) is 0 Å². The third-order valence-corrected chi connectivity index (χ3v) is 7.16. The van der Waals surface area contributed by atoms with E-state index in [0.717, 1.165) is 24.7 Å². The summed E-state index contributed by atoms with van der Waals surface area (Å²) in [4.78, 5) is 13.8. The maximum absolute atomic E-state index is 13.6. The molecule has 0 aromatic heterocycles. The van der Waals surface area contributed by atoms with Gasteiger partial charge in [0.1, 0.15) is 5.75 Å². The van der Waals surface area contributed by atoms with Crippen LogP contribution in [0.3, 0.4) is 0 Å². The molecule has 2 aromatic carbocycles. The molecule has 31 heavy (non-hydrogen) atoms. The summed E-state index contributed by atoms with van der Waals surface area (Å²) in [6, 6.07) is 11.6. The molecule has 0 saturated heterocycles. The van der Waals surface area contributed by atoms with Crippen LogP contribution in [0.5, 0.6) is 5.75 Å². The number of hydrogen-bond donors (Lipinski definition) is 2. The second-order valence-electron chi connectivity index (χ2n) is 8.60. The molecule has 3 unspecified atom stereocenters. The molecule has 0 aliphatic heterocycles. The van der Waals surface area contributed by atoms with Gasteiger partial charge in [-0.25, -0.2) is 8.78 Å².